The number of carbonyl (C=O) groups excluding carboxylic acids is 1. The van der Waals surface area contributed by atoms with Gasteiger partial charge in [-0.3, -0.25) is 4.79 Å². The smallest absolute Gasteiger partial charge is 0.326 e. The van der Waals surface area contributed by atoms with Gasteiger partial charge in [-0.05, 0) is 6.42 Å². The zero-order valence-electron chi connectivity index (χ0n) is 5.96. The van der Waals surface area contributed by atoms with E-state index < -0.39 is 12.0 Å². The van der Waals surface area contributed by atoms with Crippen LogP contribution in [0.15, 0.2) is 10.6 Å². The highest BCUT2D eigenvalue weighted by molar-refractivity contribution is 6.55. The number of amides is 1. The lowest BCUT2D eigenvalue weighted by Gasteiger charge is -2.06. The van der Waals surface area contributed by atoms with Crippen molar-refractivity contribution in [2.24, 2.45) is 0 Å². The average molecular weight is 212 g/mol. The second-order valence-electron chi connectivity index (χ2n) is 1.90. The molecular weight excluding hydrogens is 205 g/mol. The quantitative estimate of drug-likeness (QED) is 0.665. The van der Waals surface area contributed by atoms with Gasteiger partial charge in [-0.1, -0.05) is 29.3 Å². The van der Waals surface area contributed by atoms with Crippen LogP contribution in [-0.2, 0) is 9.59 Å². The van der Waals surface area contributed by atoms with E-state index in [1.165, 1.54) is 6.08 Å². The lowest BCUT2D eigenvalue weighted by molar-refractivity contribution is -0.140. The van der Waals surface area contributed by atoms with Gasteiger partial charge in [0.2, 0.25) is 6.41 Å². The van der Waals surface area contributed by atoms with E-state index in [2.05, 4.69) is 5.32 Å². The maximum Gasteiger partial charge on any atom is 0.326 e. The molecule has 6 heteroatoms. The van der Waals surface area contributed by atoms with Gasteiger partial charge in [0, 0.05) is 0 Å². The molecule has 0 fully saturated rings. The molecule has 4 nitrogen and oxygen atoms in total. The molecule has 0 heterocycles. The first-order valence-corrected chi connectivity index (χ1v) is 3.77. The topological polar surface area (TPSA) is 66.4 Å². The number of rotatable bonds is 5. The molecule has 0 aromatic heterocycles. The van der Waals surface area contributed by atoms with Crippen LogP contribution in [-0.4, -0.2) is 23.5 Å². The van der Waals surface area contributed by atoms with Crippen LogP contribution in [0.2, 0.25) is 0 Å². The summed E-state index contributed by atoms with van der Waals surface area (Å²) in [6, 6.07) is -0.977. The Morgan fingerprint density at radius 2 is 2.17 bits per heavy atom. The number of carboxylic acid groups (broad SMARTS) is 1. The van der Waals surface area contributed by atoms with Crippen LogP contribution in [0.3, 0.4) is 0 Å². The van der Waals surface area contributed by atoms with Crippen molar-refractivity contribution in [3.8, 4) is 0 Å². The van der Waals surface area contributed by atoms with Gasteiger partial charge in [-0.15, -0.1) is 0 Å². The Labute approximate surface area is 79.1 Å². The number of nitrogens with one attached hydrogen (secondary N) is 1. The van der Waals surface area contributed by atoms with Crippen molar-refractivity contribution in [2.75, 3.05) is 0 Å². The van der Waals surface area contributed by atoms with Crippen LogP contribution in [0.1, 0.15) is 6.42 Å². The van der Waals surface area contributed by atoms with E-state index in [1.54, 1.807) is 0 Å². The van der Waals surface area contributed by atoms with Gasteiger partial charge >= 0.3 is 5.97 Å². The van der Waals surface area contributed by atoms with Crippen molar-refractivity contribution in [3.63, 3.8) is 0 Å². The Morgan fingerprint density at radius 1 is 1.58 bits per heavy atom. The lowest BCUT2D eigenvalue weighted by atomic mass is 10.2. The second-order valence-corrected chi connectivity index (χ2v) is 2.91. The van der Waals surface area contributed by atoms with Crippen LogP contribution in [0.5, 0.6) is 0 Å². The van der Waals surface area contributed by atoms with E-state index in [0.717, 1.165) is 0 Å². The van der Waals surface area contributed by atoms with Crippen LogP contribution in [0.4, 0.5) is 0 Å². The first-order valence-electron chi connectivity index (χ1n) is 3.01. The first kappa shape index (κ1) is 11.3. The molecule has 0 rings (SSSR count). The molecule has 0 aliphatic heterocycles. The predicted molar refractivity (Wildman–Crippen MR) is 45.0 cm³/mol. The highest BCUT2D eigenvalue weighted by Crippen LogP contribution is 2.08. The minimum absolute atomic E-state index is 0.0195. The van der Waals surface area contributed by atoms with Gasteiger partial charge in [0.15, 0.2) is 0 Å². The van der Waals surface area contributed by atoms with E-state index in [1.807, 2.05) is 0 Å². The third-order valence-corrected chi connectivity index (χ3v) is 1.38. The minimum atomic E-state index is -1.13. The van der Waals surface area contributed by atoms with Crippen molar-refractivity contribution in [3.05, 3.63) is 10.6 Å². The number of carbonyl (C=O) groups is 2. The summed E-state index contributed by atoms with van der Waals surface area (Å²) in [6.45, 7) is 0. The first-order chi connectivity index (χ1) is 5.57. The molecule has 0 bridgehead atoms. The van der Waals surface area contributed by atoms with Gasteiger partial charge in [0.1, 0.15) is 10.5 Å². The fourth-order valence-electron chi connectivity index (χ4n) is 0.529. The average Bonchev–Trinajstić information content (AvgIpc) is 1.96. The lowest BCUT2D eigenvalue weighted by Crippen LogP contribution is -2.35. The van der Waals surface area contributed by atoms with Crippen LogP contribution in [0.25, 0.3) is 0 Å². The van der Waals surface area contributed by atoms with Crippen molar-refractivity contribution in [2.45, 2.75) is 12.5 Å². The maximum absolute atomic E-state index is 10.4. The molecule has 0 saturated heterocycles. The molecule has 2 N–H and O–H groups in total. The molecule has 68 valence electrons. The van der Waals surface area contributed by atoms with E-state index >= 15 is 0 Å². The summed E-state index contributed by atoms with van der Waals surface area (Å²) in [5.41, 5.74) is 0. The van der Waals surface area contributed by atoms with Gasteiger partial charge in [0.05, 0.1) is 0 Å². The van der Waals surface area contributed by atoms with Crippen molar-refractivity contribution >= 4 is 35.6 Å². The summed E-state index contributed by atoms with van der Waals surface area (Å²) in [5.74, 6) is -1.13. The van der Waals surface area contributed by atoms with E-state index in [-0.39, 0.29) is 10.9 Å². The molecule has 0 aliphatic carbocycles. The number of halogens is 2. The molecule has 1 amide bonds. The molecule has 0 saturated carbocycles. The van der Waals surface area contributed by atoms with Crippen molar-refractivity contribution < 1.29 is 14.7 Å². The molecule has 0 aromatic carbocycles. The SMILES string of the molecule is O=CNC(CC=C(Cl)Cl)C(=O)O. The standard InChI is InChI=1S/C6H7Cl2NO3/c7-5(8)2-1-4(6(11)12)9-3-10/h2-4H,1H2,(H,9,10)(H,11,12). The summed E-state index contributed by atoms with van der Waals surface area (Å²) >= 11 is 10.5. The van der Waals surface area contributed by atoms with E-state index in [0.29, 0.717) is 6.41 Å². The predicted octanol–water partition coefficient (Wildman–Crippen LogP) is 0.895. The molecule has 0 spiro atoms. The monoisotopic (exact) mass is 211 g/mol. The fourth-order valence-corrected chi connectivity index (χ4v) is 0.707. The third-order valence-electron chi connectivity index (χ3n) is 1.08. The van der Waals surface area contributed by atoms with Crippen molar-refractivity contribution in [1.29, 1.82) is 0 Å². The zero-order chi connectivity index (χ0) is 9.56. The Morgan fingerprint density at radius 3 is 2.50 bits per heavy atom. The Hall–Kier alpha value is -0.740. The Balaban J connectivity index is 4.04. The summed E-state index contributed by atoms with van der Waals surface area (Å²) in [6.07, 6.45) is 1.68. The Kier molecular flexibility index (Phi) is 5.49. The summed E-state index contributed by atoms with van der Waals surface area (Å²) in [5, 5.41) is 10.6. The highest BCUT2D eigenvalue weighted by Gasteiger charge is 2.13. The minimum Gasteiger partial charge on any atom is -0.480 e. The molecule has 0 radical (unpaired) electrons. The highest BCUT2D eigenvalue weighted by atomic mass is 35.5. The number of hydrogen-bond donors (Lipinski definition) is 2. The van der Waals surface area contributed by atoms with Crippen LogP contribution < -0.4 is 5.32 Å². The van der Waals surface area contributed by atoms with E-state index in [4.69, 9.17) is 28.3 Å². The maximum atomic E-state index is 10.4. The van der Waals surface area contributed by atoms with Gasteiger partial charge in [0.25, 0.3) is 0 Å². The summed E-state index contributed by atoms with van der Waals surface area (Å²) < 4.78 is -0.0195. The molecule has 1 unspecified atom stereocenters. The number of hydrogen-bond acceptors (Lipinski definition) is 2. The summed E-state index contributed by atoms with van der Waals surface area (Å²) in [4.78, 5) is 20.3. The fraction of sp³-hybridized carbons (Fsp3) is 0.333. The van der Waals surface area contributed by atoms with Crippen molar-refractivity contribution in [1.82, 2.24) is 5.32 Å². The molecule has 1 atom stereocenters. The van der Waals surface area contributed by atoms with Gasteiger partial charge in [-0.25, -0.2) is 4.79 Å². The van der Waals surface area contributed by atoms with Crippen LogP contribution >= 0.6 is 23.2 Å². The molecule has 0 aromatic rings. The van der Waals surface area contributed by atoms with Gasteiger partial charge in [-0.2, -0.15) is 0 Å². The number of carboxylic acids is 1. The molecular formula is C6H7Cl2NO3. The van der Waals surface area contributed by atoms with Crippen LogP contribution in [0, 0.1) is 0 Å². The second kappa shape index (κ2) is 5.85. The largest absolute Gasteiger partial charge is 0.480 e. The number of aliphatic carboxylic acids is 1. The molecule has 0 aliphatic rings. The van der Waals surface area contributed by atoms with E-state index in [9.17, 15) is 9.59 Å². The molecule has 12 heavy (non-hydrogen) atoms. The van der Waals surface area contributed by atoms with Gasteiger partial charge < -0.3 is 10.4 Å². The Bertz CT molecular complexity index is 201. The zero-order valence-corrected chi connectivity index (χ0v) is 7.47. The third kappa shape index (κ3) is 4.98. The normalized spacial score (nSPS) is 11.5. The summed E-state index contributed by atoms with van der Waals surface area (Å²) in [7, 11) is 0.